The fraction of sp³-hybridized carbons (Fsp3) is 0.231. The summed E-state index contributed by atoms with van der Waals surface area (Å²) in [7, 11) is 0. The van der Waals surface area contributed by atoms with Gasteiger partial charge in [-0.1, -0.05) is 29.4 Å². The molecule has 1 N–H and O–H groups in total. The number of fused-ring (bicyclic) bond motifs is 1. The van der Waals surface area contributed by atoms with E-state index in [0.29, 0.717) is 0 Å². The molecule has 0 radical (unpaired) electrons. The quantitative estimate of drug-likeness (QED) is 0.848. The van der Waals surface area contributed by atoms with Gasteiger partial charge in [0.15, 0.2) is 0 Å². The van der Waals surface area contributed by atoms with Crippen LogP contribution in [0.4, 0.5) is 0 Å². The lowest BCUT2D eigenvalue weighted by Gasteiger charge is -2.09. The van der Waals surface area contributed by atoms with Gasteiger partial charge >= 0.3 is 0 Å². The molecule has 4 heteroatoms. The van der Waals surface area contributed by atoms with Crippen LogP contribution in [-0.2, 0) is 12.8 Å². The highest BCUT2D eigenvalue weighted by Gasteiger charge is 2.23. The zero-order valence-corrected chi connectivity index (χ0v) is 9.22. The standard InChI is InChI=1S/C13H12N2O2/c16-13(12-5-6-14-17-12)15-11-7-9-3-1-2-4-10(9)8-11/h1-6,11H,7-8H2,(H,15,16). The van der Waals surface area contributed by atoms with Crippen molar-refractivity contribution in [2.75, 3.05) is 0 Å². The monoisotopic (exact) mass is 228 g/mol. The summed E-state index contributed by atoms with van der Waals surface area (Å²) >= 11 is 0. The number of nitrogens with zero attached hydrogens (tertiary/aromatic N) is 1. The Kier molecular flexibility index (Phi) is 2.40. The molecule has 17 heavy (non-hydrogen) atoms. The van der Waals surface area contributed by atoms with E-state index in [9.17, 15) is 4.79 Å². The van der Waals surface area contributed by atoms with Crippen molar-refractivity contribution in [2.45, 2.75) is 18.9 Å². The molecule has 2 aromatic rings. The summed E-state index contributed by atoms with van der Waals surface area (Å²) in [5.74, 6) is 0.0706. The van der Waals surface area contributed by atoms with E-state index in [4.69, 9.17) is 4.52 Å². The molecule has 0 saturated carbocycles. The molecule has 0 unspecified atom stereocenters. The normalized spacial score (nSPS) is 14.6. The molecule has 3 rings (SSSR count). The Hall–Kier alpha value is -2.10. The molecule has 0 atom stereocenters. The van der Waals surface area contributed by atoms with Crippen LogP contribution in [0.3, 0.4) is 0 Å². The average Bonchev–Trinajstić information content (AvgIpc) is 2.97. The zero-order chi connectivity index (χ0) is 11.7. The minimum atomic E-state index is -0.194. The van der Waals surface area contributed by atoms with Crippen LogP contribution in [0.2, 0.25) is 0 Å². The van der Waals surface area contributed by atoms with Crippen molar-refractivity contribution in [2.24, 2.45) is 0 Å². The van der Waals surface area contributed by atoms with Crippen molar-refractivity contribution in [3.63, 3.8) is 0 Å². The summed E-state index contributed by atoms with van der Waals surface area (Å²) in [6.07, 6.45) is 3.24. The summed E-state index contributed by atoms with van der Waals surface area (Å²) < 4.78 is 4.82. The predicted molar refractivity (Wildman–Crippen MR) is 61.6 cm³/mol. The number of carbonyl (C=O) groups excluding carboxylic acids is 1. The Morgan fingerprint density at radius 1 is 1.24 bits per heavy atom. The molecule has 0 aliphatic heterocycles. The van der Waals surface area contributed by atoms with Crippen molar-refractivity contribution in [3.05, 3.63) is 53.4 Å². The van der Waals surface area contributed by atoms with Crippen LogP contribution < -0.4 is 5.32 Å². The van der Waals surface area contributed by atoms with Gasteiger partial charge in [0.05, 0.1) is 6.20 Å². The first-order chi connectivity index (χ1) is 8.33. The van der Waals surface area contributed by atoms with E-state index >= 15 is 0 Å². The van der Waals surface area contributed by atoms with Crippen LogP contribution in [0, 0.1) is 0 Å². The average molecular weight is 228 g/mol. The second-order valence-corrected chi connectivity index (χ2v) is 4.22. The maximum absolute atomic E-state index is 11.8. The number of aromatic nitrogens is 1. The molecule has 1 aromatic heterocycles. The smallest absolute Gasteiger partial charge is 0.290 e. The van der Waals surface area contributed by atoms with Gasteiger partial charge in [-0.3, -0.25) is 4.79 Å². The molecule has 0 spiro atoms. The lowest BCUT2D eigenvalue weighted by atomic mass is 10.1. The molecule has 1 aliphatic carbocycles. The molecule has 4 nitrogen and oxygen atoms in total. The van der Waals surface area contributed by atoms with Crippen LogP contribution in [0.1, 0.15) is 21.7 Å². The third-order valence-corrected chi connectivity index (χ3v) is 3.05. The number of hydrogen-bond acceptors (Lipinski definition) is 3. The molecule has 1 amide bonds. The molecule has 1 aromatic carbocycles. The maximum Gasteiger partial charge on any atom is 0.290 e. The third-order valence-electron chi connectivity index (χ3n) is 3.05. The zero-order valence-electron chi connectivity index (χ0n) is 9.22. The van der Waals surface area contributed by atoms with Gasteiger partial charge in [0, 0.05) is 12.1 Å². The van der Waals surface area contributed by atoms with Crippen LogP contribution in [0.15, 0.2) is 41.1 Å². The van der Waals surface area contributed by atoms with Crippen molar-refractivity contribution in [1.29, 1.82) is 0 Å². The van der Waals surface area contributed by atoms with Crippen molar-refractivity contribution in [1.82, 2.24) is 10.5 Å². The van der Waals surface area contributed by atoms with E-state index < -0.39 is 0 Å². The van der Waals surface area contributed by atoms with Gasteiger partial charge in [-0.25, -0.2) is 0 Å². The van der Waals surface area contributed by atoms with Gasteiger partial charge in [0.1, 0.15) is 0 Å². The van der Waals surface area contributed by atoms with E-state index in [1.807, 2.05) is 12.1 Å². The summed E-state index contributed by atoms with van der Waals surface area (Å²) in [5.41, 5.74) is 2.63. The molecular weight excluding hydrogens is 216 g/mol. The Bertz CT molecular complexity index is 509. The van der Waals surface area contributed by atoms with Crippen molar-refractivity contribution in [3.8, 4) is 0 Å². The van der Waals surface area contributed by atoms with Gasteiger partial charge in [-0.15, -0.1) is 0 Å². The lowest BCUT2D eigenvalue weighted by Crippen LogP contribution is -2.35. The Morgan fingerprint density at radius 2 is 1.94 bits per heavy atom. The number of nitrogens with one attached hydrogen (secondary N) is 1. The fourth-order valence-electron chi connectivity index (χ4n) is 2.25. The summed E-state index contributed by atoms with van der Waals surface area (Å²) in [6, 6.07) is 9.99. The van der Waals surface area contributed by atoms with Gasteiger partial charge in [0.2, 0.25) is 5.76 Å². The highest BCUT2D eigenvalue weighted by Crippen LogP contribution is 2.21. The Labute approximate surface area is 98.6 Å². The molecule has 1 heterocycles. The van der Waals surface area contributed by atoms with Gasteiger partial charge in [-0.05, 0) is 24.0 Å². The van der Waals surface area contributed by atoms with Gasteiger partial charge in [-0.2, -0.15) is 0 Å². The van der Waals surface area contributed by atoms with Crippen LogP contribution in [0.5, 0.6) is 0 Å². The van der Waals surface area contributed by atoms with E-state index in [2.05, 4.69) is 22.6 Å². The largest absolute Gasteiger partial charge is 0.351 e. The van der Waals surface area contributed by atoms with E-state index in [-0.39, 0.29) is 17.7 Å². The number of hydrogen-bond donors (Lipinski definition) is 1. The first-order valence-electron chi connectivity index (χ1n) is 5.61. The molecule has 1 aliphatic rings. The third kappa shape index (κ3) is 1.93. The van der Waals surface area contributed by atoms with Crippen LogP contribution >= 0.6 is 0 Å². The first kappa shape index (κ1) is 10.1. The molecular formula is C13H12N2O2. The van der Waals surface area contributed by atoms with E-state index in [0.717, 1.165) is 12.8 Å². The van der Waals surface area contributed by atoms with Crippen molar-refractivity contribution >= 4 is 5.91 Å². The number of carbonyl (C=O) groups is 1. The molecule has 86 valence electrons. The second-order valence-electron chi connectivity index (χ2n) is 4.22. The summed E-state index contributed by atoms with van der Waals surface area (Å²) in [6.45, 7) is 0. The van der Waals surface area contributed by atoms with Gasteiger partial charge in [0.25, 0.3) is 5.91 Å². The number of amides is 1. The fourth-order valence-corrected chi connectivity index (χ4v) is 2.25. The van der Waals surface area contributed by atoms with E-state index in [1.54, 1.807) is 6.07 Å². The predicted octanol–water partition coefficient (Wildman–Crippen LogP) is 1.57. The van der Waals surface area contributed by atoms with Gasteiger partial charge < -0.3 is 9.84 Å². The molecule has 0 saturated heterocycles. The highest BCUT2D eigenvalue weighted by molar-refractivity contribution is 5.91. The summed E-state index contributed by atoms with van der Waals surface area (Å²) in [4.78, 5) is 11.8. The van der Waals surface area contributed by atoms with Crippen molar-refractivity contribution < 1.29 is 9.32 Å². The minimum absolute atomic E-state index is 0.157. The maximum atomic E-state index is 11.8. The molecule has 0 fully saturated rings. The summed E-state index contributed by atoms with van der Waals surface area (Å²) in [5, 5.41) is 6.48. The Morgan fingerprint density at radius 3 is 2.53 bits per heavy atom. The molecule has 0 bridgehead atoms. The lowest BCUT2D eigenvalue weighted by molar-refractivity contribution is 0.0901. The topological polar surface area (TPSA) is 55.1 Å². The van der Waals surface area contributed by atoms with Crippen LogP contribution in [-0.4, -0.2) is 17.1 Å². The minimum Gasteiger partial charge on any atom is -0.351 e. The number of benzene rings is 1. The van der Waals surface area contributed by atoms with Crippen LogP contribution in [0.25, 0.3) is 0 Å². The Balaban J connectivity index is 1.68. The number of rotatable bonds is 2. The van der Waals surface area contributed by atoms with E-state index in [1.165, 1.54) is 17.3 Å². The second kappa shape index (κ2) is 4.05. The SMILES string of the molecule is O=C(NC1Cc2ccccc2C1)c1ccno1. The highest BCUT2D eigenvalue weighted by atomic mass is 16.5. The first-order valence-corrected chi connectivity index (χ1v) is 5.61.